The second kappa shape index (κ2) is 7.15. The fourth-order valence-corrected chi connectivity index (χ4v) is 5.82. The maximum atomic E-state index is 12.6. The minimum atomic E-state index is 0.0476. The molecule has 0 bridgehead atoms. The summed E-state index contributed by atoms with van der Waals surface area (Å²) in [6.45, 7) is 4.11. The minimum absolute atomic E-state index is 0.0476. The van der Waals surface area contributed by atoms with E-state index in [1.54, 1.807) is 11.3 Å². The van der Waals surface area contributed by atoms with E-state index in [2.05, 4.69) is 23.3 Å². The summed E-state index contributed by atoms with van der Waals surface area (Å²) in [6, 6.07) is 4.38. The Morgan fingerprint density at radius 2 is 2.36 bits per heavy atom. The molecule has 0 radical (unpaired) electrons. The number of amides is 1. The van der Waals surface area contributed by atoms with Crippen LogP contribution in [-0.2, 0) is 0 Å². The molecule has 2 aromatic rings. The van der Waals surface area contributed by atoms with Crippen molar-refractivity contribution >= 4 is 40.3 Å². The first kappa shape index (κ1) is 16.0. The van der Waals surface area contributed by atoms with Crippen LogP contribution in [-0.4, -0.2) is 27.9 Å². The third kappa shape index (κ3) is 3.39. The summed E-state index contributed by atoms with van der Waals surface area (Å²) < 4.78 is 0. The number of thioether (sulfide) groups is 1. The van der Waals surface area contributed by atoms with Gasteiger partial charge in [0.1, 0.15) is 9.88 Å². The highest BCUT2D eigenvalue weighted by Gasteiger charge is 2.29. The molecule has 2 atom stereocenters. The van der Waals surface area contributed by atoms with Gasteiger partial charge in [0.15, 0.2) is 0 Å². The van der Waals surface area contributed by atoms with Gasteiger partial charge in [-0.05, 0) is 37.0 Å². The molecule has 0 aromatic carbocycles. The van der Waals surface area contributed by atoms with Gasteiger partial charge in [0.2, 0.25) is 0 Å². The van der Waals surface area contributed by atoms with Gasteiger partial charge in [0.25, 0.3) is 5.91 Å². The van der Waals surface area contributed by atoms with Gasteiger partial charge in [-0.3, -0.25) is 4.79 Å². The van der Waals surface area contributed by atoms with Crippen LogP contribution in [0.4, 0.5) is 0 Å². The van der Waals surface area contributed by atoms with Crippen molar-refractivity contribution in [2.45, 2.75) is 44.4 Å². The van der Waals surface area contributed by atoms with E-state index >= 15 is 0 Å². The third-order valence-corrected chi connectivity index (χ3v) is 7.41. The van der Waals surface area contributed by atoms with Crippen LogP contribution in [0.1, 0.15) is 41.6 Å². The van der Waals surface area contributed by atoms with E-state index in [0.717, 1.165) is 32.6 Å². The van der Waals surface area contributed by atoms with Crippen molar-refractivity contribution in [3.63, 3.8) is 0 Å². The van der Waals surface area contributed by atoms with Gasteiger partial charge in [-0.1, -0.05) is 19.4 Å². The molecule has 2 unspecified atom stereocenters. The monoisotopic (exact) mass is 352 g/mol. The second-order valence-electron chi connectivity index (χ2n) is 5.42. The highest BCUT2D eigenvalue weighted by atomic mass is 32.2. The number of thiazole rings is 1. The molecule has 0 spiro atoms. The van der Waals surface area contributed by atoms with E-state index in [4.69, 9.17) is 0 Å². The molecule has 3 rings (SSSR count). The standard InChI is InChI=1S/C16H20N2OS3/c1-3-20-12-7-4-6-11(12)18-15(19)14-10(2)17-16(22-14)13-8-5-9-21-13/h5,8-9,11-12H,3-4,6-7H2,1-2H3,(H,18,19). The zero-order valence-corrected chi connectivity index (χ0v) is 15.2. The molecule has 22 heavy (non-hydrogen) atoms. The van der Waals surface area contributed by atoms with Crippen LogP contribution in [0.25, 0.3) is 9.88 Å². The zero-order chi connectivity index (χ0) is 15.5. The van der Waals surface area contributed by atoms with Gasteiger partial charge in [-0.25, -0.2) is 4.98 Å². The fourth-order valence-electron chi connectivity index (χ4n) is 2.85. The first-order valence-corrected chi connectivity index (χ1v) is 10.4. The number of nitrogens with one attached hydrogen (secondary N) is 1. The summed E-state index contributed by atoms with van der Waals surface area (Å²) in [7, 11) is 0. The summed E-state index contributed by atoms with van der Waals surface area (Å²) in [5.41, 5.74) is 0.837. The van der Waals surface area contributed by atoms with Crippen LogP contribution in [0.3, 0.4) is 0 Å². The SMILES string of the molecule is CCSC1CCCC1NC(=O)c1sc(-c2cccs2)nc1C. The van der Waals surface area contributed by atoms with Crippen molar-refractivity contribution in [2.24, 2.45) is 0 Å². The lowest BCUT2D eigenvalue weighted by molar-refractivity contribution is 0.0942. The van der Waals surface area contributed by atoms with Crippen LogP contribution in [0.15, 0.2) is 17.5 Å². The number of nitrogens with zero attached hydrogens (tertiary/aromatic N) is 1. The molecule has 1 amide bonds. The van der Waals surface area contributed by atoms with E-state index in [1.807, 2.05) is 30.1 Å². The van der Waals surface area contributed by atoms with E-state index in [0.29, 0.717) is 11.3 Å². The Balaban J connectivity index is 1.72. The lowest BCUT2D eigenvalue weighted by atomic mass is 10.2. The predicted molar refractivity (Wildman–Crippen MR) is 97.2 cm³/mol. The Hall–Kier alpha value is -0.850. The molecule has 118 valence electrons. The number of carbonyl (C=O) groups is 1. The minimum Gasteiger partial charge on any atom is -0.347 e. The van der Waals surface area contributed by atoms with Gasteiger partial charge in [0.05, 0.1) is 10.6 Å². The molecule has 6 heteroatoms. The molecule has 2 heterocycles. The number of thiophene rings is 1. The topological polar surface area (TPSA) is 42.0 Å². The summed E-state index contributed by atoms with van der Waals surface area (Å²) in [6.07, 6.45) is 3.52. The lowest BCUT2D eigenvalue weighted by Gasteiger charge is -2.19. The maximum Gasteiger partial charge on any atom is 0.263 e. The number of hydrogen-bond donors (Lipinski definition) is 1. The number of hydrogen-bond acceptors (Lipinski definition) is 5. The summed E-state index contributed by atoms with van der Waals surface area (Å²) in [5, 5.41) is 6.80. The lowest BCUT2D eigenvalue weighted by Crippen LogP contribution is -2.38. The van der Waals surface area contributed by atoms with Gasteiger partial charge in [-0.15, -0.1) is 22.7 Å². The molecule has 1 aliphatic rings. The highest BCUT2D eigenvalue weighted by Crippen LogP contribution is 2.33. The van der Waals surface area contributed by atoms with E-state index in [9.17, 15) is 4.79 Å². The van der Waals surface area contributed by atoms with Crippen molar-refractivity contribution < 1.29 is 4.79 Å². The molecule has 1 N–H and O–H groups in total. The Bertz CT molecular complexity index is 636. The molecular weight excluding hydrogens is 332 g/mol. The molecule has 0 aliphatic heterocycles. The zero-order valence-electron chi connectivity index (χ0n) is 12.8. The smallest absolute Gasteiger partial charge is 0.263 e. The second-order valence-corrected chi connectivity index (χ2v) is 8.88. The van der Waals surface area contributed by atoms with Gasteiger partial charge in [-0.2, -0.15) is 11.8 Å². The first-order chi connectivity index (χ1) is 10.7. The normalized spacial score (nSPS) is 21.2. The maximum absolute atomic E-state index is 12.6. The van der Waals surface area contributed by atoms with Gasteiger partial charge < -0.3 is 5.32 Å². The van der Waals surface area contributed by atoms with Gasteiger partial charge >= 0.3 is 0 Å². The number of rotatable bonds is 5. The summed E-state index contributed by atoms with van der Waals surface area (Å²) >= 11 is 5.13. The Kier molecular flexibility index (Phi) is 5.21. The molecular formula is C16H20N2OS3. The largest absolute Gasteiger partial charge is 0.347 e. The quantitative estimate of drug-likeness (QED) is 0.856. The number of aryl methyl sites for hydroxylation is 1. The van der Waals surface area contributed by atoms with Crippen LogP contribution in [0.2, 0.25) is 0 Å². The molecule has 3 nitrogen and oxygen atoms in total. The van der Waals surface area contributed by atoms with Crippen molar-refractivity contribution in [2.75, 3.05) is 5.75 Å². The van der Waals surface area contributed by atoms with Crippen LogP contribution in [0, 0.1) is 6.92 Å². The van der Waals surface area contributed by atoms with Crippen LogP contribution in [0.5, 0.6) is 0 Å². The van der Waals surface area contributed by atoms with E-state index in [-0.39, 0.29) is 5.91 Å². The van der Waals surface area contributed by atoms with Crippen molar-refractivity contribution in [1.82, 2.24) is 10.3 Å². The van der Waals surface area contributed by atoms with Crippen molar-refractivity contribution in [1.29, 1.82) is 0 Å². The first-order valence-electron chi connectivity index (χ1n) is 7.62. The fraction of sp³-hybridized carbons (Fsp3) is 0.500. The van der Waals surface area contributed by atoms with Crippen molar-refractivity contribution in [3.05, 3.63) is 28.1 Å². The molecule has 1 saturated carbocycles. The summed E-state index contributed by atoms with van der Waals surface area (Å²) in [5.74, 6) is 1.16. The predicted octanol–water partition coefficient (Wildman–Crippen LogP) is 4.58. The Labute approximate surface area is 143 Å². The Morgan fingerprint density at radius 1 is 1.50 bits per heavy atom. The molecule has 1 fully saturated rings. The van der Waals surface area contributed by atoms with Crippen LogP contribution < -0.4 is 5.32 Å². The van der Waals surface area contributed by atoms with Gasteiger partial charge in [0, 0.05) is 11.3 Å². The van der Waals surface area contributed by atoms with Crippen molar-refractivity contribution in [3.8, 4) is 9.88 Å². The molecule has 0 saturated heterocycles. The summed E-state index contributed by atoms with van der Waals surface area (Å²) in [4.78, 5) is 19.1. The molecule has 1 aliphatic carbocycles. The average molecular weight is 353 g/mol. The van der Waals surface area contributed by atoms with E-state index in [1.165, 1.54) is 24.2 Å². The average Bonchev–Trinajstić information content (AvgIpc) is 3.20. The van der Waals surface area contributed by atoms with Crippen LogP contribution >= 0.6 is 34.4 Å². The Morgan fingerprint density at radius 3 is 3.09 bits per heavy atom. The highest BCUT2D eigenvalue weighted by molar-refractivity contribution is 7.99. The third-order valence-electron chi connectivity index (χ3n) is 3.88. The molecule has 2 aromatic heterocycles. The van der Waals surface area contributed by atoms with E-state index < -0.39 is 0 Å². The number of carbonyl (C=O) groups excluding carboxylic acids is 1. The number of aromatic nitrogens is 1.